The van der Waals surface area contributed by atoms with E-state index in [0.29, 0.717) is 22.2 Å². The highest BCUT2D eigenvalue weighted by molar-refractivity contribution is 6.42. The van der Waals surface area contributed by atoms with Gasteiger partial charge in [-0.25, -0.2) is 0 Å². The minimum Gasteiger partial charge on any atom is -0.376 e. The zero-order valence-electron chi connectivity index (χ0n) is 11.2. The second-order valence-corrected chi connectivity index (χ2v) is 5.50. The van der Waals surface area contributed by atoms with Crippen LogP contribution in [0.3, 0.4) is 0 Å². The summed E-state index contributed by atoms with van der Waals surface area (Å²) in [6, 6.07) is 6.81. The van der Waals surface area contributed by atoms with Gasteiger partial charge in [0.25, 0.3) is 5.91 Å². The molecule has 4 nitrogen and oxygen atoms in total. The Kier molecular flexibility index (Phi) is 5.63. The standard InChI is InChI=1S/C15H14Cl2N2O2/c16-13-4-3-10(7-14(13)17)6-11(8-18)15(20)19-9-12-2-1-5-21-12/h3-4,6-7,12H,1-2,5,9H2,(H,19,20). The summed E-state index contributed by atoms with van der Waals surface area (Å²) < 4.78 is 5.41. The molecule has 1 aliphatic rings. The highest BCUT2D eigenvalue weighted by Crippen LogP contribution is 2.23. The molecule has 0 aliphatic carbocycles. The summed E-state index contributed by atoms with van der Waals surface area (Å²) >= 11 is 11.7. The molecule has 110 valence electrons. The maximum absolute atomic E-state index is 12.0. The minimum absolute atomic E-state index is 0.0198. The number of nitrogens with zero attached hydrogens (tertiary/aromatic N) is 1. The summed E-state index contributed by atoms with van der Waals surface area (Å²) in [5, 5.41) is 12.6. The number of rotatable bonds is 4. The highest BCUT2D eigenvalue weighted by Gasteiger charge is 2.17. The van der Waals surface area contributed by atoms with E-state index in [1.54, 1.807) is 18.2 Å². The van der Waals surface area contributed by atoms with E-state index in [9.17, 15) is 4.79 Å². The van der Waals surface area contributed by atoms with Crippen molar-refractivity contribution in [1.82, 2.24) is 5.32 Å². The van der Waals surface area contributed by atoms with Crippen molar-refractivity contribution < 1.29 is 9.53 Å². The predicted molar refractivity (Wildman–Crippen MR) is 82.0 cm³/mol. The number of hydrogen-bond donors (Lipinski definition) is 1. The fraction of sp³-hybridized carbons (Fsp3) is 0.333. The molecule has 1 aromatic carbocycles. The van der Waals surface area contributed by atoms with Gasteiger partial charge in [0, 0.05) is 13.2 Å². The number of benzene rings is 1. The van der Waals surface area contributed by atoms with Crippen molar-refractivity contribution in [3.8, 4) is 6.07 Å². The van der Waals surface area contributed by atoms with Gasteiger partial charge in [-0.1, -0.05) is 29.3 Å². The van der Waals surface area contributed by atoms with E-state index in [2.05, 4.69) is 5.32 Å². The third-order valence-electron chi connectivity index (χ3n) is 3.13. The van der Waals surface area contributed by atoms with E-state index < -0.39 is 5.91 Å². The van der Waals surface area contributed by atoms with E-state index in [1.807, 2.05) is 6.07 Å². The van der Waals surface area contributed by atoms with Crippen LogP contribution in [0.15, 0.2) is 23.8 Å². The van der Waals surface area contributed by atoms with Crippen LogP contribution in [0, 0.1) is 11.3 Å². The second kappa shape index (κ2) is 7.46. The molecule has 1 unspecified atom stereocenters. The zero-order valence-corrected chi connectivity index (χ0v) is 12.7. The zero-order chi connectivity index (χ0) is 15.2. The molecule has 2 rings (SSSR count). The number of carbonyl (C=O) groups is 1. The summed E-state index contributed by atoms with van der Waals surface area (Å²) in [4.78, 5) is 12.0. The summed E-state index contributed by atoms with van der Waals surface area (Å²) in [6.45, 7) is 1.14. The Morgan fingerprint density at radius 3 is 2.90 bits per heavy atom. The van der Waals surface area contributed by atoms with Crippen molar-refractivity contribution in [2.24, 2.45) is 0 Å². The molecule has 1 N–H and O–H groups in total. The van der Waals surface area contributed by atoms with Crippen LogP contribution in [0.25, 0.3) is 6.08 Å². The number of ether oxygens (including phenoxy) is 1. The maximum Gasteiger partial charge on any atom is 0.262 e. The van der Waals surface area contributed by atoms with Crippen molar-refractivity contribution in [1.29, 1.82) is 5.26 Å². The first-order chi connectivity index (χ1) is 10.1. The van der Waals surface area contributed by atoms with Gasteiger partial charge in [-0.05, 0) is 36.6 Å². The molecule has 1 aromatic rings. The summed E-state index contributed by atoms with van der Waals surface area (Å²) in [7, 11) is 0. The molecule has 1 amide bonds. The fourth-order valence-corrected chi connectivity index (χ4v) is 2.33. The molecule has 1 fully saturated rings. The molecule has 1 aliphatic heterocycles. The third kappa shape index (κ3) is 4.47. The van der Waals surface area contributed by atoms with Crippen LogP contribution in [0.4, 0.5) is 0 Å². The van der Waals surface area contributed by atoms with Crippen LogP contribution in [-0.2, 0) is 9.53 Å². The molecule has 21 heavy (non-hydrogen) atoms. The van der Waals surface area contributed by atoms with Crippen molar-refractivity contribution in [2.75, 3.05) is 13.2 Å². The number of carbonyl (C=O) groups excluding carboxylic acids is 1. The van der Waals surface area contributed by atoms with E-state index in [1.165, 1.54) is 6.08 Å². The summed E-state index contributed by atoms with van der Waals surface area (Å²) in [5.74, 6) is -0.418. The summed E-state index contributed by atoms with van der Waals surface area (Å²) in [6.07, 6.45) is 3.45. The second-order valence-electron chi connectivity index (χ2n) is 4.69. The van der Waals surface area contributed by atoms with E-state index in [4.69, 9.17) is 33.2 Å². The van der Waals surface area contributed by atoms with Crippen LogP contribution in [0.1, 0.15) is 18.4 Å². The average Bonchev–Trinajstić information content (AvgIpc) is 2.99. The number of amides is 1. The monoisotopic (exact) mass is 324 g/mol. The van der Waals surface area contributed by atoms with Gasteiger partial charge in [0.1, 0.15) is 11.6 Å². The molecule has 0 aromatic heterocycles. The molecular formula is C15H14Cl2N2O2. The van der Waals surface area contributed by atoms with E-state index >= 15 is 0 Å². The average molecular weight is 325 g/mol. The Morgan fingerprint density at radius 1 is 1.48 bits per heavy atom. The number of nitriles is 1. The van der Waals surface area contributed by atoms with Crippen LogP contribution < -0.4 is 5.32 Å². The molecule has 0 saturated carbocycles. The molecule has 6 heteroatoms. The molecule has 1 heterocycles. The molecule has 1 atom stereocenters. The van der Waals surface area contributed by atoms with E-state index in [-0.39, 0.29) is 11.7 Å². The topological polar surface area (TPSA) is 62.1 Å². The Labute approximate surface area is 133 Å². The maximum atomic E-state index is 12.0. The Bertz CT molecular complexity index is 602. The van der Waals surface area contributed by atoms with Crippen molar-refractivity contribution in [3.05, 3.63) is 39.4 Å². The van der Waals surface area contributed by atoms with Gasteiger partial charge in [0.15, 0.2) is 0 Å². The largest absolute Gasteiger partial charge is 0.376 e. The van der Waals surface area contributed by atoms with Crippen molar-refractivity contribution in [3.63, 3.8) is 0 Å². The molecule has 0 spiro atoms. The molecule has 0 bridgehead atoms. The van der Waals surface area contributed by atoms with Gasteiger partial charge in [0.2, 0.25) is 0 Å². The van der Waals surface area contributed by atoms with Crippen LogP contribution in [0.5, 0.6) is 0 Å². The van der Waals surface area contributed by atoms with Crippen LogP contribution >= 0.6 is 23.2 Å². The highest BCUT2D eigenvalue weighted by atomic mass is 35.5. The predicted octanol–water partition coefficient (Wildman–Crippen LogP) is 3.20. The summed E-state index contributed by atoms with van der Waals surface area (Å²) in [5.41, 5.74) is 0.666. The van der Waals surface area contributed by atoms with Crippen LogP contribution in [-0.4, -0.2) is 25.2 Å². The Balaban J connectivity index is 2.03. The first-order valence-electron chi connectivity index (χ1n) is 6.57. The van der Waals surface area contributed by atoms with Crippen molar-refractivity contribution in [2.45, 2.75) is 18.9 Å². The lowest BCUT2D eigenvalue weighted by Crippen LogP contribution is -2.32. The fourth-order valence-electron chi connectivity index (χ4n) is 2.02. The number of hydrogen-bond acceptors (Lipinski definition) is 3. The van der Waals surface area contributed by atoms with Crippen LogP contribution in [0.2, 0.25) is 10.0 Å². The molecular weight excluding hydrogens is 311 g/mol. The van der Waals surface area contributed by atoms with Gasteiger partial charge >= 0.3 is 0 Å². The smallest absolute Gasteiger partial charge is 0.262 e. The first kappa shape index (κ1) is 15.8. The lowest BCUT2D eigenvalue weighted by Gasteiger charge is -2.10. The number of nitrogens with one attached hydrogen (secondary N) is 1. The van der Waals surface area contributed by atoms with Gasteiger partial charge in [-0.2, -0.15) is 5.26 Å². The van der Waals surface area contributed by atoms with Gasteiger partial charge in [-0.15, -0.1) is 0 Å². The number of halogens is 2. The lowest BCUT2D eigenvalue weighted by atomic mass is 10.1. The minimum atomic E-state index is -0.418. The SMILES string of the molecule is N#CC(=Cc1ccc(Cl)c(Cl)c1)C(=O)NCC1CCCO1. The normalized spacial score (nSPS) is 18.3. The van der Waals surface area contributed by atoms with Crippen molar-refractivity contribution >= 4 is 35.2 Å². The van der Waals surface area contributed by atoms with E-state index in [0.717, 1.165) is 19.4 Å². The van der Waals surface area contributed by atoms with Gasteiger partial charge < -0.3 is 10.1 Å². The quantitative estimate of drug-likeness (QED) is 0.683. The molecule has 0 radical (unpaired) electrons. The Hall–Kier alpha value is -1.54. The molecule has 1 saturated heterocycles. The Morgan fingerprint density at radius 2 is 2.29 bits per heavy atom. The lowest BCUT2D eigenvalue weighted by molar-refractivity contribution is -0.117. The van der Waals surface area contributed by atoms with Gasteiger partial charge in [0.05, 0.1) is 16.1 Å². The third-order valence-corrected chi connectivity index (χ3v) is 3.87. The van der Waals surface area contributed by atoms with Gasteiger partial charge in [-0.3, -0.25) is 4.79 Å². The first-order valence-corrected chi connectivity index (χ1v) is 7.32.